The summed E-state index contributed by atoms with van der Waals surface area (Å²) in [5.74, 6) is -0.303. The maximum Gasteiger partial charge on any atom is 0.407 e. The predicted molar refractivity (Wildman–Crippen MR) is 84.6 cm³/mol. The molecule has 2 rings (SSSR count). The van der Waals surface area contributed by atoms with Crippen LogP contribution in [-0.2, 0) is 9.53 Å². The van der Waals surface area contributed by atoms with Crippen molar-refractivity contribution in [2.75, 3.05) is 19.6 Å². The van der Waals surface area contributed by atoms with Crippen LogP contribution < -0.4 is 5.32 Å². The highest BCUT2D eigenvalue weighted by molar-refractivity contribution is 5.85. The van der Waals surface area contributed by atoms with E-state index in [1.807, 2.05) is 56.0 Å². The van der Waals surface area contributed by atoms with E-state index in [2.05, 4.69) is 5.32 Å². The van der Waals surface area contributed by atoms with Crippen LogP contribution in [0.3, 0.4) is 0 Å². The molecule has 0 radical (unpaired) electrons. The van der Waals surface area contributed by atoms with Gasteiger partial charge in [0.1, 0.15) is 5.60 Å². The molecule has 1 aromatic carbocycles. The first-order valence-electron chi connectivity index (χ1n) is 7.67. The van der Waals surface area contributed by atoms with Gasteiger partial charge in [0.05, 0.1) is 5.92 Å². The minimum atomic E-state index is -0.548. The van der Waals surface area contributed by atoms with E-state index in [-0.39, 0.29) is 18.4 Å². The van der Waals surface area contributed by atoms with Gasteiger partial charge in [-0.2, -0.15) is 0 Å². The molecule has 2 amide bonds. The molecule has 0 unspecified atom stereocenters. The smallest absolute Gasteiger partial charge is 0.407 e. The highest BCUT2D eigenvalue weighted by Crippen LogP contribution is 2.21. The zero-order chi connectivity index (χ0) is 16.2. The Bertz CT molecular complexity index is 518. The van der Waals surface area contributed by atoms with Gasteiger partial charge in [-0.05, 0) is 32.8 Å². The van der Waals surface area contributed by atoms with Crippen molar-refractivity contribution in [2.45, 2.75) is 38.7 Å². The van der Waals surface area contributed by atoms with Crippen molar-refractivity contribution >= 4 is 12.0 Å². The number of nitrogens with zero attached hydrogens (tertiary/aromatic N) is 1. The molecular weight excluding hydrogens is 280 g/mol. The molecular formula is C17H24N2O3. The number of ether oxygens (including phenoxy) is 1. The van der Waals surface area contributed by atoms with Crippen molar-refractivity contribution in [2.24, 2.45) is 0 Å². The standard InChI is InChI=1S/C17H24N2O3/c1-17(2,3)22-16(21)18-12-14(13-8-5-4-6-9-13)15(20)19-10-7-11-19/h4-6,8-9,14H,7,10-12H2,1-3H3,(H,18,21)/t14-/m0/s1. The van der Waals surface area contributed by atoms with Crippen LogP contribution in [0, 0.1) is 0 Å². The van der Waals surface area contributed by atoms with Crippen LogP contribution >= 0.6 is 0 Å². The summed E-state index contributed by atoms with van der Waals surface area (Å²) >= 11 is 0. The third-order valence-electron chi connectivity index (χ3n) is 3.52. The van der Waals surface area contributed by atoms with E-state index >= 15 is 0 Å². The third kappa shape index (κ3) is 4.48. The van der Waals surface area contributed by atoms with Crippen molar-refractivity contribution in [3.63, 3.8) is 0 Å². The molecule has 1 fully saturated rings. The number of carbonyl (C=O) groups is 2. The van der Waals surface area contributed by atoms with E-state index in [1.54, 1.807) is 0 Å². The van der Waals surface area contributed by atoms with Crippen LogP contribution in [0.4, 0.5) is 4.79 Å². The molecule has 1 aliphatic rings. The Balaban J connectivity index is 2.02. The van der Waals surface area contributed by atoms with Gasteiger partial charge in [-0.15, -0.1) is 0 Å². The van der Waals surface area contributed by atoms with E-state index in [9.17, 15) is 9.59 Å². The first-order valence-corrected chi connectivity index (χ1v) is 7.67. The summed E-state index contributed by atoms with van der Waals surface area (Å²) < 4.78 is 5.23. The SMILES string of the molecule is CC(C)(C)OC(=O)NC[C@H](C(=O)N1CCC1)c1ccccc1. The van der Waals surface area contributed by atoms with Gasteiger partial charge in [0.2, 0.25) is 5.91 Å². The van der Waals surface area contributed by atoms with Crippen LogP contribution in [0.25, 0.3) is 0 Å². The second kappa shape index (κ2) is 6.81. The lowest BCUT2D eigenvalue weighted by molar-refractivity contribution is -0.136. The number of benzene rings is 1. The molecule has 0 spiro atoms. The van der Waals surface area contributed by atoms with Gasteiger partial charge in [-0.3, -0.25) is 4.79 Å². The highest BCUT2D eigenvalue weighted by Gasteiger charge is 2.29. The number of alkyl carbamates (subject to hydrolysis) is 1. The number of hydrogen-bond donors (Lipinski definition) is 1. The molecule has 0 saturated carbocycles. The van der Waals surface area contributed by atoms with E-state index in [1.165, 1.54) is 0 Å². The largest absolute Gasteiger partial charge is 0.444 e. The average molecular weight is 304 g/mol. The molecule has 1 heterocycles. The van der Waals surface area contributed by atoms with Gasteiger partial charge in [0.25, 0.3) is 0 Å². The Kier molecular flexibility index (Phi) is 5.06. The molecule has 1 saturated heterocycles. The number of carbonyl (C=O) groups excluding carboxylic acids is 2. The quantitative estimate of drug-likeness (QED) is 0.930. The number of amides is 2. The molecule has 1 aromatic rings. The maximum atomic E-state index is 12.6. The minimum absolute atomic E-state index is 0.0634. The monoisotopic (exact) mass is 304 g/mol. The van der Waals surface area contributed by atoms with Crippen LogP contribution in [0.1, 0.15) is 38.7 Å². The molecule has 0 aromatic heterocycles. The summed E-state index contributed by atoms with van der Waals surface area (Å²) in [7, 11) is 0. The topological polar surface area (TPSA) is 58.6 Å². The lowest BCUT2D eigenvalue weighted by Crippen LogP contribution is -2.47. The maximum absolute atomic E-state index is 12.6. The number of likely N-dealkylation sites (tertiary alicyclic amines) is 1. The zero-order valence-corrected chi connectivity index (χ0v) is 13.5. The first kappa shape index (κ1) is 16.3. The van der Waals surface area contributed by atoms with Gasteiger partial charge in [0.15, 0.2) is 0 Å². The van der Waals surface area contributed by atoms with Crippen molar-refractivity contribution in [3.05, 3.63) is 35.9 Å². The van der Waals surface area contributed by atoms with Gasteiger partial charge in [0, 0.05) is 19.6 Å². The van der Waals surface area contributed by atoms with Crippen molar-refractivity contribution < 1.29 is 14.3 Å². The third-order valence-corrected chi connectivity index (χ3v) is 3.52. The van der Waals surface area contributed by atoms with Gasteiger partial charge < -0.3 is 15.0 Å². The Labute approximate surface area is 131 Å². The minimum Gasteiger partial charge on any atom is -0.444 e. The van der Waals surface area contributed by atoms with Crippen LogP contribution in [-0.4, -0.2) is 42.1 Å². The van der Waals surface area contributed by atoms with E-state index < -0.39 is 11.7 Å². The Hall–Kier alpha value is -2.04. The Morgan fingerprint density at radius 3 is 2.36 bits per heavy atom. The number of rotatable bonds is 4. The first-order chi connectivity index (χ1) is 10.4. The Morgan fingerprint density at radius 1 is 1.23 bits per heavy atom. The van der Waals surface area contributed by atoms with Crippen molar-refractivity contribution in [1.29, 1.82) is 0 Å². The molecule has 1 aliphatic heterocycles. The van der Waals surface area contributed by atoms with E-state index in [0.29, 0.717) is 0 Å². The predicted octanol–water partition coefficient (Wildman–Crippen LogP) is 2.53. The van der Waals surface area contributed by atoms with Gasteiger partial charge in [-0.25, -0.2) is 4.79 Å². The summed E-state index contributed by atoms with van der Waals surface area (Å²) in [5.41, 5.74) is 0.365. The molecule has 1 N–H and O–H groups in total. The molecule has 22 heavy (non-hydrogen) atoms. The lowest BCUT2D eigenvalue weighted by atomic mass is 9.96. The Morgan fingerprint density at radius 2 is 1.86 bits per heavy atom. The van der Waals surface area contributed by atoms with E-state index in [0.717, 1.165) is 25.1 Å². The summed E-state index contributed by atoms with van der Waals surface area (Å²) in [6.07, 6.45) is 0.553. The van der Waals surface area contributed by atoms with Crippen LogP contribution in [0.2, 0.25) is 0 Å². The second-order valence-electron chi connectivity index (χ2n) is 6.52. The molecule has 1 atom stereocenters. The van der Waals surface area contributed by atoms with Gasteiger partial charge in [-0.1, -0.05) is 30.3 Å². The fraction of sp³-hybridized carbons (Fsp3) is 0.529. The molecule has 5 heteroatoms. The summed E-state index contributed by atoms with van der Waals surface area (Å²) in [6.45, 7) is 7.28. The summed E-state index contributed by atoms with van der Waals surface area (Å²) in [5, 5.41) is 2.71. The van der Waals surface area contributed by atoms with Crippen LogP contribution in [0.5, 0.6) is 0 Å². The molecule has 0 aliphatic carbocycles. The molecule has 120 valence electrons. The fourth-order valence-corrected chi connectivity index (χ4v) is 2.29. The molecule has 5 nitrogen and oxygen atoms in total. The van der Waals surface area contributed by atoms with Crippen LogP contribution in [0.15, 0.2) is 30.3 Å². The highest BCUT2D eigenvalue weighted by atomic mass is 16.6. The molecule has 0 bridgehead atoms. The average Bonchev–Trinajstić information content (AvgIpc) is 2.36. The lowest BCUT2D eigenvalue weighted by Gasteiger charge is -2.34. The fourth-order valence-electron chi connectivity index (χ4n) is 2.29. The number of hydrogen-bond acceptors (Lipinski definition) is 3. The number of nitrogens with one attached hydrogen (secondary N) is 1. The summed E-state index contributed by atoms with van der Waals surface area (Å²) in [4.78, 5) is 26.2. The van der Waals surface area contributed by atoms with Crippen molar-refractivity contribution in [3.8, 4) is 0 Å². The van der Waals surface area contributed by atoms with Crippen molar-refractivity contribution in [1.82, 2.24) is 10.2 Å². The van der Waals surface area contributed by atoms with Gasteiger partial charge >= 0.3 is 6.09 Å². The second-order valence-corrected chi connectivity index (χ2v) is 6.52. The normalized spacial score (nSPS) is 15.7. The summed E-state index contributed by atoms with van der Waals surface area (Å²) in [6, 6.07) is 9.55. The zero-order valence-electron chi connectivity index (χ0n) is 13.5. The van der Waals surface area contributed by atoms with E-state index in [4.69, 9.17) is 4.74 Å².